The van der Waals surface area contributed by atoms with Crippen molar-refractivity contribution in [2.24, 2.45) is 0 Å². The summed E-state index contributed by atoms with van der Waals surface area (Å²) in [6.45, 7) is 0. The van der Waals surface area contributed by atoms with Crippen molar-refractivity contribution in [3.05, 3.63) is 40.6 Å². The van der Waals surface area contributed by atoms with E-state index >= 15 is 0 Å². The van der Waals surface area contributed by atoms with Crippen LogP contribution >= 0.6 is 23.1 Å². The summed E-state index contributed by atoms with van der Waals surface area (Å²) in [7, 11) is 0. The molecule has 3 nitrogen and oxygen atoms in total. The van der Waals surface area contributed by atoms with Crippen LogP contribution in [0.1, 0.15) is 5.56 Å². The van der Waals surface area contributed by atoms with Gasteiger partial charge in [-0.15, -0.1) is 0 Å². The first-order valence-electron chi connectivity index (χ1n) is 4.30. The maximum Gasteiger partial charge on any atom is 0.219 e. The topological polar surface area (TPSA) is 45.9 Å². The normalized spacial score (nSPS) is 10.0. The van der Waals surface area contributed by atoms with Crippen LogP contribution in [0.4, 0.5) is 8.78 Å². The molecule has 17 heavy (non-hydrogen) atoms. The molecule has 0 unspecified atom stereocenters. The molecule has 2 aromatic rings. The van der Waals surface area contributed by atoms with Gasteiger partial charge in [0, 0.05) is 17.6 Å². The van der Waals surface area contributed by atoms with Gasteiger partial charge in [-0.3, -0.25) is 0 Å². The molecule has 1 aromatic heterocycles. The van der Waals surface area contributed by atoms with Gasteiger partial charge in [0.05, 0.1) is 0 Å². The molecule has 0 aliphatic heterocycles. The van der Waals surface area contributed by atoms with Crippen LogP contribution in [0, 0.1) is 23.0 Å². The van der Waals surface area contributed by atoms with E-state index in [4.69, 9.17) is 21.6 Å². The molecule has 1 heterocycles. The summed E-state index contributed by atoms with van der Waals surface area (Å²) in [5, 5.41) is 8.95. The number of nitriles is 1. The van der Waals surface area contributed by atoms with Gasteiger partial charge in [-0.1, -0.05) is 11.6 Å². The number of nitrogens with zero attached hydrogens (tertiary/aromatic N) is 2. The zero-order chi connectivity index (χ0) is 12.4. The van der Waals surface area contributed by atoms with E-state index in [-0.39, 0.29) is 21.5 Å². The standard InChI is InChI=1S/C10H3ClF2N2OS/c11-9-6(4-14)10(17-15-9)16-5-1-2-7(12)8(13)3-5/h1-3H. The zero-order valence-electron chi connectivity index (χ0n) is 8.08. The van der Waals surface area contributed by atoms with Crippen molar-refractivity contribution >= 4 is 23.1 Å². The van der Waals surface area contributed by atoms with Gasteiger partial charge in [-0.25, -0.2) is 8.78 Å². The maximum absolute atomic E-state index is 12.9. The van der Waals surface area contributed by atoms with E-state index in [1.807, 2.05) is 6.07 Å². The third-order valence-corrected chi connectivity index (χ3v) is 2.93. The second-order valence-electron chi connectivity index (χ2n) is 2.93. The Kier molecular flexibility index (Phi) is 3.22. The highest BCUT2D eigenvalue weighted by Gasteiger charge is 2.14. The van der Waals surface area contributed by atoms with Gasteiger partial charge in [0.1, 0.15) is 17.4 Å². The number of rotatable bonds is 2. The molecule has 0 radical (unpaired) electrons. The van der Waals surface area contributed by atoms with E-state index in [1.165, 1.54) is 6.07 Å². The minimum absolute atomic E-state index is 0.0232. The molecular weight excluding hydrogens is 270 g/mol. The molecule has 0 fully saturated rings. The number of benzene rings is 1. The Labute approximate surface area is 104 Å². The summed E-state index contributed by atoms with van der Waals surface area (Å²) >= 11 is 6.49. The average Bonchev–Trinajstić information content (AvgIpc) is 2.64. The lowest BCUT2D eigenvalue weighted by Gasteiger charge is -2.02. The lowest BCUT2D eigenvalue weighted by Crippen LogP contribution is -1.88. The smallest absolute Gasteiger partial charge is 0.219 e. The van der Waals surface area contributed by atoms with Gasteiger partial charge in [0.25, 0.3) is 0 Å². The van der Waals surface area contributed by atoms with Crippen molar-refractivity contribution in [2.45, 2.75) is 0 Å². The molecule has 0 amide bonds. The van der Waals surface area contributed by atoms with Crippen LogP contribution in [0.3, 0.4) is 0 Å². The highest BCUT2D eigenvalue weighted by molar-refractivity contribution is 7.08. The molecule has 0 spiro atoms. The molecule has 86 valence electrons. The van der Waals surface area contributed by atoms with E-state index < -0.39 is 11.6 Å². The van der Waals surface area contributed by atoms with Crippen molar-refractivity contribution < 1.29 is 13.5 Å². The minimum atomic E-state index is -1.03. The van der Waals surface area contributed by atoms with Gasteiger partial charge in [-0.05, 0) is 12.1 Å². The van der Waals surface area contributed by atoms with E-state index in [1.54, 1.807) is 0 Å². The number of hydrogen-bond donors (Lipinski definition) is 0. The van der Waals surface area contributed by atoms with E-state index in [0.29, 0.717) is 0 Å². The van der Waals surface area contributed by atoms with Crippen LogP contribution in [0.5, 0.6) is 10.8 Å². The second-order valence-corrected chi connectivity index (χ2v) is 4.02. The Morgan fingerprint density at radius 3 is 2.76 bits per heavy atom. The third-order valence-electron chi connectivity index (χ3n) is 1.83. The van der Waals surface area contributed by atoms with E-state index in [9.17, 15) is 8.78 Å². The SMILES string of the molecule is N#Cc1c(Cl)nsc1Oc1ccc(F)c(F)c1. The summed E-state index contributed by atoms with van der Waals surface area (Å²) in [5.41, 5.74) is 0.0707. The van der Waals surface area contributed by atoms with Crippen LogP contribution in [0.25, 0.3) is 0 Å². The second kappa shape index (κ2) is 4.65. The van der Waals surface area contributed by atoms with Gasteiger partial charge < -0.3 is 4.74 Å². The van der Waals surface area contributed by atoms with Crippen LogP contribution in [-0.2, 0) is 0 Å². The number of aromatic nitrogens is 1. The van der Waals surface area contributed by atoms with Crippen molar-refractivity contribution in [3.63, 3.8) is 0 Å². The van der Waals surface area contributed by atoms with Crippen molar-refractivity contribution in [2.75, 3.05) is 0 Å². The Bertz CT molecular complexity index is 609. The molecule has 0 saturated heterocycles. The van der Waals surface area contributed by atoms with Crippen LogP contribution in [0.15, 0.2) is 18.2 Å². The van der Waals surface area contributed by atoms with Crippen molar-refractivity contribution in [1.29, 1.82) is 5.26 Å². The molecule has 0 atom stereocenters. The monoisotopic (exact) mass is 272 g/mol. The molecule has 0 bridgehead atoms. The molecule has 0 aliphatic carbocycles. The summed E-state index contributed by atoms with van der Waals surface area (Å²) in [5.74, 6) is -1.93. The minimum Gasteiger partial charge on any atom is -0.444 e. The van der Waals surface area contributed by atoms with Crippen LogP contribution in [-0.4, -0.2) is 4.37 Å². The number of hydrogen-bond acceptors (Lipinski definition) is 4. The van der Waals surface area contributed by atoms with Crippen LogP contribution in [0.2, 0.25) is 5.15 Å². The van der Waals surface area contributed by atoms with Crippen molar-refractivity contribution in [3.8, 4) is 16.9 Å². The fourth-order valence-electron chi connectivity index (χ4n) is 1.07. The lowest BCUT2D eigenvalue weighted by atomic mass is 10.3. The van der Waals surface area contributed by atoms with E-state index in [2.05, 4.69) is 4.37 Å². The maximum atomic E-state index is 12.9. The molecule has 0 N–H and O–H groups in total. The molecule has 7 heteroatoms. The molecule has 1 aromatic carbocycles. The van der Waals surface area contributed by atoms with Crippen molar-refractivity contribution in [1.82, 2.24) is 4.37 Å². The highest BCUT2D eigenvalue weighted by atomic mass is 35.5. The zero-order valence-corrected chi connectivity index (χ0v) is 9.65. The Hall–Kier alpha value is -1.71. The Morgan fingerprint density at radius 1 is 1.35 bits per heavy atom. The van der Waals surface area contributed by atoms with Crippen LogP contribution < -0.4 is 4.74 Å². The third kappa shape index (κ3) is 2.35. The summed E-state index contributed by atoms with van der Waals surface area (Å²) in [6, 6.07) is 4.87. The predicted molar refractivity (Wildman–Crippen MR) is 58.3 cm³/mol. The summed E-state index contributed by atoms with van der Waals surface area (Å²) in [6.07, 6.45) is 0. The number of halogens is 3. The Balaban J connectivity index is 2.32. The van der Waals surface area contributed by atoms with Gasteiger partial charge in [-0.2, -0.15) is 9.64 Å². The van der Waals surface area contributed by atoms with Gasteiger partial charge >= 0.3 is 0 Å². The first-order chi connectivity index (χ1) is 8.11. The Morgan fingerprint density at radius 2 is 2.12 bits per heavy atom. The fraction of sp³-hybridized carbons (Fsp3) is 0. The lowest BCUT2D eigenvalue weighted by molar-refractivity contribution is 0.469. The average molecular weight is 273 g/mol. The largest absolute Gasteiger partial charge is 0.444 e. The predicted octanol–water partition coefficient (Wildman–Crippen LogP) is 3.74. The van der Waals surface area contributed by atoms with Gasteiger partial charge in [0.2, 0.25) is 5.06 Å². The molecule has 0 aliphatic rings. The van der Waals surface area contributed by atoms with Gasteiger partial charge in [0.15, 0.2) is 16.8 Å². The quantitative estimate of drug-likeness (QED) is 0.836. The summed E-state index contributed by atoms with van der Waals surface area (Å²) < 4.78 is 34.5. The van der Waals surface area contributed by atoms with E-state index in [0.717, 1.165) is 23.7 Å². The molecule has 0 saturated carbocycles. The number of ether oxygens (including phenoxy) is 1. The molecule has 2 rings (SSSR count). The first kappa shape index (κ1) is 11.8. The first-order valence-corrected chi connectivity index (χ1v) is 5.45. The molecular formula is C10H3ClF2N2OS. The summed E-state index contributed by atoms with van der Waals surface area (Å²) in [4.78, 5) is 0. The highest BCUT2D eigenvalue weighted by Crippen LogP contribution is 2.34. The fourth-order valence-corrected chi connectivity index (χ4v) is 1.97.